The van der Waals surface area contributed by atoms with Crippen LogP contribution in [-0.2, 0) is 4.79 Å². The molecule has 154 valence electrons. The van der Waals surface area contributed by atoms with Crippen LogP contribution in [0.25, 0.3) is 10.9 Å². The lowest BCUT2D eigenvalue weighted by atomic mass is 10.1. The Labute approximate surface area is 167 Å². The first-order valence-corrected chi connectivity index (χ1v) is 10.1. The molecule has 7 nitrogen and oxygen atoms in total. The molecule has 1 aliphatic heterocycles. The van der Waals surface area contributed by atoms with Crippen molar-refractivity contribution in [1.82, 2.24) is 9.47 Å². The number of hydrogen-bond donors (Lipinski definition) is 1. The van der Waals surface area contributed by atoms with E-state index in [0.717, 1.165) is 25.3 Å². The number of aromatic carboxylic acids is 1. The topological polar surface area (TPSA) is 82.8 Å². The second kappa shape index (κ2) is 7.50. The van der Waals surface area contributed by atoms with E-state index in [-0.39, 0.29) is 23.0 Å². The highest BCUT2D eigenvalue weighted by Gasteiger charge is 2.30. The van der Waals surface area contributed by atoms with Crippen LogP contribution in [0.15, 0.2) is 23.0 Å². The van der Waals surface area contributed by atoms with Crippen molar-refractivity contribution in [3.05, 3.63) is 39.9 Å². The molecule has 29 heavy (non-hydrogen) atoms. The van der Waals surface area contributed by atoms with Gasteiger partial charge >= 0.3 is 5.97 Å². The number of amides is 1. The summed E-state index contributed by atoms with van der Waals surface area (Å²) >= 11 is 0. The van der Waals surface area contributed by atoms with E-state index in [9.17, 15) is 23.9 Å². The van der Waals surface area contributed by atoms with Crippen molar-refractivity contribution in [2.45, 2.75) is 38.6 Å². The first-order chi connectivity index (χ1) is 13.9. The summed E-state index contributed by atoms with van der Waals surface area (Å²) in [4.78, 5) is 39.8. The summed E-state index contributed by atoms with van der Waals surface area (Å²) in [6, 6.07) is 3.91. The van der Waals surface area contributed by atoms with Gasteiger partial charge in [0.15, 0.2) is 5.43 Å². The Kier molecular flexibility index (Phi) is 5.02. The molecular formula is C21H24FN3O4. The smallest absolute Gasteiger partial charge is 0.352 e. The Morgan fingerprint density at radius 2 is 1.83 bits per heavy atom. The van der Waals surface area contributed by atoms with E-state index in [1.807, 2.05) is 11.8 Å². The van der Waals surface area contributed by atoms with Gasteiger partial charge in [-0.05, 0) is 31.4 Å². The number of piperazine rings is 1. The molecule has 1 N–H and O–H groups in total. The van der Waals surface area contributed by atoms with Crippen LogP contribution in [0.5, 0.6) is 0 Å². The van der Waals surface area contributed by atoms with Gasteiger partial charge in [-0.15, -0.1) is 0 Å². The summed E-state index contributed by atoms with van der Waals surface area (Å²) in [6.07, 6.45) is 2.98. The fraction of sp³-hybridized carbons (Fsp3) is 0.476. The second-order valence-corrected chi connectivity index (χ2v) is 7.74. The van der Waals surface area contributed by atoms with Gasteiger partial charge in [0.1, 0.15) is 11.5 Å². The van der Waals surface area contributed by atoms with Crippen LogP contribution in [0, 0.1) is 5.82 Å². The van der Waals surface area contributed by atoms with Crippen LogP contribution in [0.4, 0.5) is 10.1 Å². The molecule has 1 saturated heterocycles. The number of carboxylic acids is 1. The second-order valence-electron chi connectivity index (χ2n) is 7.74. The number of pyridine rings is 1. The van der Waals surface area contributed by atoms with Crippen LogP contribution in [-0.4, -0.2) is 52.6 Å². The predicted molar refractivity (Wildman–Crippen MR) is 107 cm³/mol. The number of carboxylic acid groups (broad SMARTS) is 1. The van der Waals surface area contributed by atoms with Crippen LogP contribution in [0.2, 0.25) is 0 Å². The fourth-order valence-electron chi connectivity index (χ4n) is 4.05. The SMILES string of the molecule is CCCC(=O)N1CCN(c2cc3c(cc2F)c(=O)cc(C(=O)O)n3C2CC2)CC1. The van der Waals surface area contributed by atoms with Crippen molar-refractivity contribution in [2.24, 2.45) is 0 Å². The maximum Gasteiger partial charge on any atom is 0.352 e. The van der Waals surface area contributed by atoms with Crippen molar-refractivity contribution in [3.8, 4) is 0 Å². The standard InChI is InChI=1S/C21H24FN3O4/c1-2-3-20(27)24-8-6-23(7-9-24)17-11-16-14(10-15(17)22)19(26)12-18(21(28)29)25(16)13-4-5-13/h10-13H,2-9H2,1H3,(H,28,29). The fourth-order valence-corrected chi connectivity index (χ4v) is 4.05. The van der Waals surface area contributed by atoms with Gasteiger partial charge in [-0.1, -0.05) is 6.92 Å². The lowest BCUT2D eigenvalue weighted by molar-refractivity contribution is -0.131. The number of benzene rings is 1. The summed E-state index contributed by atoms with van der Waals surface area (Å²) in [6.45, 7) is 3.97. The molecule has 2 aromatic rings. The first-order valence-electron chi connectivity index (χ1n) is 10.1. The molecule has 1 amide bonds. The molecule has 1 aromatic heterocycles. The number of fused-ring (bicyclic) bond motifs is 1. The molecule has 2 fully saturated rings. The summed E-state index contributed by atoms with van der Waals surface area (Å²) in [7, 11) is 0. The Morgan fingerprint density at radius 3 is 2.41 bits per heavy atom. The number of aromatic nitrogens is 1. The number of halogens is 1. The molecule has 1 aromatic carbocycles. The molecule has 2 aliphatic rings. The van der Waals surface area contributed by atoms with Gasteiger partial charge in [0.2, 0.25) is 5.91 Å². The summed E-state index contributed by atoms with van der Waals surface area (Å²) in [5.41, 5.74) is 0.252. The highest BCUT2D eigenvalue weighted by atomic mass is 19.1. The third-order valence-electron chi connectivity index (χ3n) is 5.69. The molecule has 0 spiro atoms. The zero-order chi connectivity index (χ0) is 20.7. The normalized spacial score (nSPS) is 17.0. The summed E-state index contributed by atoms with van der Waals surface area (Å²) in [5, 5.41) is 9.74. The van der Waals surface area contributed by atoms with Crippen molar-refractivity contribution in [3.63, 3.8) is 0 Å². The van der Waals surface area contributed by atoms with Crippen LogP contribution < -0.4 is 10.3 Å². The van der Waals surface area contributed by atoms with Gasteiger partial charge in [0.05, 0.1) is 11.2 Å². The third kappa shape index (κ3) is 3.59. The van der Waals surface area contributed by atoms with E-state index in [0.29, 0.717) is 43.8 Å². The molecule has 2 heterocycles. The zero-order valence-electron chi connectivity index (χ0n) is 16.4. The maximum atomic E-state index is 14.9. The van der Waals surface area contributed by atoms with E-state index >= 15 is 0 Å². The van der Waals surface area contributed by atoms with Gasteiger partial charge in [0, 0.05) is 50.1 Å². The van der Waals surface area contributed by atoms with Gasteiger partial charge in [-0.2, -0.15) is 0 Å². The Bertz CT molecular complexity index is 1040. The molecule has 0 radical (unpaired) electrons. The van der Waals surface area contributed by atoms with Crippen molar-refractivity contribution < 1.29 is 19.1 Å². The minimum atomic E-state index is -1.16. The quantitative estimate of drug-likeness (QED) is 0.833. The van der Waals surface area contributed by atoms with Crippen LogP contribution >= 0.6 is 0 Å². The average molecular weight is 401 g/mol. The number of carbonyl (C=O) groups is 2. The van der Waals surface area contributed by atoms with E-state index in [4.69, 9.17) is 0 Å². The number of carbonyl (C=O) groups excluding carboxylic acids is 1. The van der Waals surface area contributed by atoms with E-state index < -0.39 is 17.2 Å². The number of nitrogens with zero attached hydrogens (tertiary/aromatic N) is 3. The van der Waals surface area contributed by atoms with Gasteiger partial charge in [0.25, 0.3) is 0 Å². The van der Waals surface area contributed by atoms with E-state index in [1.54, 1.807) is 15.5 Å². The van der Waals surface area contributed by atoms with Gasteiger partial charge < -0.3 is 19.5 Å². The molecule has 1 aliphatic carbocycles. The molecule has 4 rings (SSSR count). The van der Waals surface area contributed by atoms with Crippen molar-refractivity contribution >= 4 is 28.5 Å². The Balaban J connectivity index is 1.72. The minimum Gasteiger partial charge on any atom is -0.477 e. The largest absolute Gasteiger partial charge is 0.477 e. The van der Waals surface area contributed by atoms with Crippen LogP contribution in [0.1, 0.15) is 49.1 Å². The van der Waals surface area contributed by atoms with Gasteiger partial charge in [-0.25, -0.2) is 9.18 Å². The molecule has 0 bridgehead atoms. The molecule has 1 saturated carbocycles. The van der Waals surface area contributed by atoms with E-state index in [1.165, 1.54) is 6.07 Å². The lowest BCUT2D eigenvalue weighted by Crippen LogP contribution is -2.49. The lowest BCUT2D eigenvalue weighted by Gasteiger charge is -2.36. The minimum absolute atomic E-state index is 0.0195. The number of hydrogen-bond acceptors (Lipinski definition) is 4. The van der Waals surface area contributed by atoms with E-state index in [2.05, 4.69) is 0 Å². The highest BCUT2D eigenvalue weighted by Crippen LogP contribution is 2.39. The third-order valence-corrected chi connectivity index (χ3v) is 5.69. The Morgan fingerprint density at radius 1 is 1.14 bits per heavy atom. The first kappa shape index (κ1) is 19.4. The van der Waals surface area contributed by atoms with Crippen molar-refractivity contribution in [2.75, 3.05) is 31.1 Å². The van der Waals surface area contributed by atoms with Crippen molar-refractivity contribution in [1.29, 1.82) is 0 Å². The average Bonchev–Trinajstić information content (AvgIpc) is 3.53. The summed E-state index contributed by atoms with van der Waals surface area (Å²) in [5.74, 6) is -1.56. The number of rotatable bonds is 5. The maximum absolute atomic E-state index is 14.9. The van der Waals surface area contributed by atoms with Gasteiger partial charge in [-0.3, -0.25) is 9.59 Å². The monoisotopic (exact) mass is 401 g/mol. The summed E-state index contributed by atoms with van der Waals surface area (Å²) < 4.78 is 16.5. The number of anilines is 1. The Hall–Kier alpha value is -2.90. The molecular weight excluding hydrogens is 377 g/mol. The molecule has 0 atom stereocenters. The van der Waals surface area contributed by atoms with Crippen LogP contribution in [0.3, 0.4) is 0 Å². The highest BCUT2D eigenvalue weighted by molar-refractivity contribution is 5.92. The molecule has 0 unspecified atom stereocenters. The zero-order valence-corrected chi connectivity index (χ0v) is 16.4. The molecule has 8 heteroatoms. The predicted octanol–water partition coefficient (Wildman–Crippen LogP) is 2.62.